The van der Waals surface area contributed by atoms with Crippen LogP contribution in [-0.2, 0) is 0 Å². The van der Waals surface area contributed by atoms with Gasteiger partial charge in [-0.15, -0.1) is 0 Å². The van der Waals surface area contributed by atoms with E-state index in [2.05, 4.69) is 11.8 Å². The molecule has 0 saturated carbocycles. The maximum atomic E-state index is 9.38. The average molecular weight is 178 g/mol. The molecule has 0 atom stereocenters. The SMILES string of the molecule is COc1ccc(C#CCO)c(O)c1. The van der Waals surface area contributed by atoms with E-state index in [0.29, 0.717) is 11.3 Å². The van der Waals surface area contributed by atoms with Crippen LogP contribution in [0.15, 0.2) is 18.2 Å². The summed E-state index contributed by atoms with van der Waals surface area (Å²) in [6.45, 7) is -0.217. The highest BCUT2D eigenvalue weighted by Gasteiger charge is 1.98. The second kappa shape index (κ2) is 4.39. The third kappa shape index (κ3) is 2.39. The maximum Gasteiger partial charge on any atom is 0.134 e. The van der Waals surface area contributed by atoms with Crippen molar-refractivity contribution in [1.29, 1.82) is 0 Å². The average Bonchev–Trinajstić information content (AvgIpc) is 2.16. The molecule has 0 radical (unpaired) electrons. The topological polar surface area (TPSA) is 49.7 Å². The zero-order valence-electron chi connectivity index (χ0n) is 7.24. The number of aliphatic hydroxyl groups is 1. The number of rotatable bonds is 1. The molecule has 0 amide bonds. The molecule has 0 heterocycles. The van der Waals surface area contributed by atoms with Crippen molar-refractivity contribution < 1.29 is 14.9 Å². The van der Waals surface area contributed by atoms with Gasteiger partial charge >= 0.3 is 0 Å². The first-order valence-corrected chi connectivity index (χ1v) is 3.74. The van der Waals surface area contributed by atoms with Crippen LogP contribution in [0.5, 0.6) is 11.5 Å². The fourth-order valence-electron chi connectivity index (χ4n) is 0.879. The zero-order valence-corrected chi connectivity index (χ0v) is 7.24. The van der Waals surface area contributed by atoms with E-state index in [4.69, 9.17) is 9.84 Å². The predicted octanol–water partition coefficient (Wildman–Crippen LogP) is 0.745. The van der Waals surface area contributed by atoms with E-state index in [1.54, 1.807) is 12.1 Å². The Hall–Kier alpha value is -1.66. The van der Waals surface area contributed by atoms with E-state index in [1.807, 2.05) is 0 Å². The fourth-order valence-corrected chi connectivity index (χ4v) is 0.879. The standard InChI is InChI=1S/C10H10O3/c1-13-9-5-4-8(3-2-6-11)10(12)7-9/h4-5,7,11-12H,6H2,1H3. The van der Waals surface area contributed by atoms with Crippen molar-refractivity contribution in [1.82, 2.24) is 0 Å². The number of phenols is 1. The lowest BCUT2D eigenvalue weighted by Gasteiger charge is -2.01. The largest absolute Gasteiger partial charge is 0.507 e. The molecule has 0 spiro atoms. The van der Waals surface area contributed by atoms with Crippen molar-refractivity contribution in [2.75, 3.05) is 13.7 Å². The van der Waals surface area contributed by atoms with Gasteiger partial charge < -0.3 is 14.9 Å². The van der Waals surface area contributed by atoms with Crippen molar-refractivity contribution >= 4 is 0 Å². The lowest BCUT2D eigenvalue weighted by Crippen LogP contribution is -1.84. The first-order valence-electron chi connectivity index (χ1n) is 3.74. The van der Waals surface area contributed by atoms with Gasteiger partial charge in [0.15, 0.2) is 0 Å². The first-order chi connectivity index (χ1) is 6.27. The molecule has 13 heavy (non-hydrogen) atoms. The highest BCUT2D eigenvalue weighted by molar-refractivity contribution is 5.48. The number of hydrogen-bond acceptors (Lipinski definition) is 3. The minimum absolute atomic E-state index is 0.0558. The number of ether oxygens (including phenoxy) is 1. The van der Waals surface area contributed by atoms with Gasteiger partial charge in [-0.3, -0.25) is 0 Å². The molecule has 0 aliphatic rings. The predicted molar refractivity (Wildman–Crippen MR) is 48.6 cm³/mol. The van der Waals surface area contributed by atoms with Crippen molar-refractivity contribution in [3.63, 3.8) is 0 Å². The van der Waals surface area contributed by atoms with Gasteiger partial charge in [0, 0.05) is 6.07 Å². The highest BCUT2D eigenvalue weighted by Crippen LogP contribution is 2.22. The normalized spacial score (nSPS) is 8.77. The number of phenolic OH excluding ortho intramolecular Hbond substituents is 1. The monoisotopic (exact) mass is 178 g/mol. The van der Waals surface area contributed by atoms with E-state index < -0.39 is 0 Å². The van der Waals surface area contributed by atoms with Crippen molar-refractivity contribution in [3.05, 3.63) is 23.8 Å². The molecule has 1 rings (SSSR count). The Labute approximate surface area is 76.6 Å². The Kier molecular flexibility index (Phi) is 3.18. The number of methoxy groups -OCH3 is 1. The van der Waals surface area contributed by atoms with Gasteiger partial charge in [-0.05, 0) is 12.1 Å². The Balaban J connectivity index is 2.98. The minimum atomic E-state index is -0.217. The molecule has 0 aliphatic heterocycles. The van der Waals surface area contributed by atoms with Gasteiger partial charge in [0.25, 0.3) is 0 Å². The number of hydrogen-bond donors (Lipinski definition) is 2. The Bertz CT molecular complexity index is 347. The van der Waals surface area contributed by atoms with Crippen molar-refractivity contribution in [2.24, 2.45) is 0 Å². The quantitative estimate of drug-likeness (QED) is 0.624. The Morgan fingerprint density at radius 2 is 2.23 bits per heavy atom. The van der Waals surface area contributed by atoms with Crippen LogP contribution in [0.1, 0.15) is 5.56 Å². The van der Waals surface area contributed by atoms with E-state index in [1.165, 1.54) is 13.2 Å². The molecule has 3 heteroatoms. The van der Waals surface area contributed by atoms with Gasteiger partial charge in [0.2, 0.25) is 0 Å². The van der Waals surface area contributed by atoms with E-state index in [-0.39, 0.29) is 12.4 Å². The third-order valence-electron chi connectivity index (χ3n) is 1.51. The molecular formula is C10H10O3. The van der Waals surface area contributed by atoms with E-state index in [9.17, 15) is 5.11 Å². The van der Waals surface area contributed by atoms with Crippen LogP contribution in [0.3, 0.4) is 0 Å². The third-order valence-corrected chi connectivity index (χ3v) is 1.51. The molecule has 0 bridgehead atoms. The summed E-state index contributed by atoms with van der Waals surface area (Å²) in [5.41, 5.74) is 0.481. The van der Waals surface area contributed by atoms with E-state index >= 15 is 0 Å². The second-order valence-corrected chi connectivity index (χ2v) is 2.34. The number of aromatic hydroxyl groups is 1. The molecule has 68 valence electrons. The number of benzene rings is 1. The van der Waals surface area contributed by atoms with E-state index in [0.717, 1.165) is 0 Å². The van der Waals surface area contributed by atoms with Crippen LogP contribution in [0, 0.1) is 11.8 Å². The second-order valence-electron chi connectivity index (χ2n) is 2.34. The van der Waals surface area contributed by atoms with Gasteiger partial charge in [0.05, 0.1) is 12.7 Å². The molecule has 2 N–H and O–H groups in total. The minimum Gasteiger partial charge on any atom is -0.507 e. The zero-order chi connectivity index (χ0) is 9.68. The lowest BCUT2D eigenvalue weighted by atomic mass is 10.2. The van der Waals surface area contributed by atoms with Crippen LogP contribution >= 0.6 is 0 Å². The molecule has 1 aromatic rings. The maximum absolute atomic E-state index is 9.38. The first kappa shape index (κ1) is 9.43. The summed E-state index contributed by atoms with van der Waals surface area (Å²) in [7, 11) is 1.52. The van der Waals surface area contributed by atoms with Gasteiger partial charge in [-0.1, -0.05) is 11.8 Å². The Morgan fingerprint density at radius 3 is 2.77 bits per heavy atom. The van der Waals surface area contributed by atoms with Crippen LogP contribution in [0.2, 0.25) is 0 Å². The molecule has 0 fully saturated rings. The lowest BCUT2D eigenvalue weighted by molar-refractivity contribution is 0.350. The van der Waals surface area contributed by atoms with Crippen LogP contribution in [0.4, 0.5) is 0 Å². The molecule has 1 aromatic carbocycles. The molecule has 0 aliphatic carbocycles. The molecule has 0 aromatic heterocycles. The molecule has 0 unspecified atom stereocenters. The summed E-state index contributed by atoms with van der Waals surface area (Å²) >= 11 is 0. The summed E-state index contributed by atoms with van der Waals surface area (Å²) in [6.07, 6.45) is 0. The summed E-state index contributed by atoms with van der Waals surface area (Å²) < 4.78 is 4.90. The Morgan fingerprint density at radius 1 is 1.46 bits per heavy atom. The van der Waals surface area contributed by atoms with Gasteiger partial charge in [0.1, 0.15) is 18.1 Å². The van der Waals surface area contributed by atoms with Gasteiger partial charge in [-0.25, -0.2) is 0 Å². The summed E-state index contributed by atoms with van der Waals surface area (Å²) in [5.74, 6) is 5.69. The molecule has 0 saturated heterocycles. The molecular weight excluding hydrogens is 168 g/mol. The van der Waals surface area contributed by atoms with Crippen LogP contribution in [-0.4, -0.2) is 23.9 Å². The summed E-state index contributed by atoms with van der Waals surface area (Å²) in [6, 6.07) is 4.80. The molecule has 3 nitrogen and oxygen atoms in total. The summed E-state index contributed by atoms with van der Waals surface area (Å²) in [5, 5.41) is 17.8. The number of aliphatic hydroxyl groups excluding tert-OH is 1. The van der Waals surface area contributed by atoms with Gasteiger partial charge in [-0.2, -0.15) is 0 Å². The van der Waals surface area contributed by atoms with Crippen LogP contribution < -0.4 is 4.74 Å². The fraction of sp³-hybridized carbons (Fsp3) is 0.200. The van der Waals surface area contributed by atoms with Crippen molar-refractivity contribution in [3.8, 4) is 23.3 Å². The smallest absolute Gasteiger partial charge is 0.134 e. The highest BCUT2D eigenvalue weighted by atomic mass is 16.5. The van der Waals surface area contributed by atoms with Crippen LogP contribution in [0.25, 0.3) is 0 Å². The summed E-state index contributed by atoms with van der Waals surface area (Å²) in [4.78, 5) is 0. The van der Waals surface area contributed by atoms with Crippen molar-refractivity contribution in [2.45, 2.75) is 0 Å².